The van der Waals surface area contributed by atoms with E-state index in [1.807, 2.05) is 9.80 Å². The third kappa shape index (κ3) is 5.20. The van der Waals surface area contributed by atoms with Gasteiger partial charge in [-0.1, -0.05) is 13.8 Å². The molecule has 2 fully saturated rings. The van der Waals surface area contributed by atoms with E-state index in [1.165, 1.54) is 0 Å². The summed E-state index contributed by atoms with van der Waals surface area (Å²) < 4.78 is 0. The molecular formula is C18H33N3O2. The molecule has 0 aromatic rings. The summed E-state index contributed by atoms with van der Waals surface area (Å²) >= 11 is 0. The van der Waals surface area contributed by atoms with Crippen LogP contribution in [0.2, 0.25) is 0 Å². The Balaban J connectivity index is 1.76. The van der Waals surface area contributed by atoms with Gasteiger partial charge in [0, 0.05) is 32.1 Å². The van der Waals surface area contributed by atoms with Crippen LogP contribution in [0, 0.1) is 5.92 Å². The number of likely N-dealkylation sites (tertiary alicyclic amines) is 2. The number of carbonyl (C=O) groups excluding carboxylic acids is 2. The molecule has 2 aliphatic rings. The van der Waals surface area contributed by atoms with Crippen LogP contribution in [0.1, 0.15) is 52.4 Å². The number of nitrogens with zero attached hydrogens (tertiary/aromatic N) is 3. The van der Waals surface area contributed by atoms with Crippen molar-refractivity contribution in [2.75, 3.05) is 45.8 Å². The highest BCUT2D eigenvalue weighted by Gasteiger charge is 2.31. The van der Waals surface area contributed by atoms with Gasteiger partial charge >= 0.3 is 0 Å². The predicted octanol–water partition coefficient (Wildman–Crippen LogP) is 1.97. The number of amides is 2. The second-order valence-electron chi connectivity index (χ2n) is 6.96. The quantitative estimate of drug-likeness (QED) is 0.719. The maximum absolute atomic E-state index is 12.5. The van der Waals surface area contributed by atoms with Gasteiger partial charge in [0.2, 0.25) is 11.8 Å². The lowest BCUT2D eigenvalue weighted by atomic mass is 9.95. The topological polar surface area (TPSA) is 43.9 Å². The second-order valence-corrected chi connectivity index (χ2v) is 6.96. The zero-order valence-corrected chi connectivity index (χ0v) is 14.9. The van der Waals surface area contributed by atoms with Crippen molar-refractivity contribution in [2.45, 2.75) is 52.4 Å². The smallest absolute Gasteiger partial charge is 0.236 e. The van der Waals surface area contributed by atoms with E-state index in [1.54, 1.807) is 0 Å². The van der Waals surface area contributed by atoms with Crippen LogP contribution in [0.3, 0.4) is 0 Å². The van der Waals surface area contributed by atoms with E-state index in [0.717, 1.165) is 77.8 Å². The van der Waals surface area contributed by atoms with Crippen molar-refractivity contribution < 1.29 is 9.59 Å². The number of piperidine rings is 1. The number of rotatable bonds is 7. The van der Waals surface area contributed by atoms with Crippen LogP contribution in [-0.4, -0.2) is 72.3 Å². The van der Waals surface area contributed by atoms with E-state index >= 15 is 0 Å². The second kappa shape index (κ2) is 9.26. The van der Waals surface area contributed by atoms with Crippen LogP contribution in [0.15, 0.2) is 0 Å². The summed E-state index contributed by atoms with van der Waals surface area (Å²) in [5.74, 6) is 0.701. The first-order valence-electron chi connectivity index (χ1n) is 9.44. The Morgan fingerprint density at radius 1 is 0.913 bits per heavy atom. The summed E-state index contributed by atoms with van der Waals surface area (Å²) in [6, 6.07) is 0. The van der Waals surface area contributed by atoms with E-state index in [9.17, 15) is 9.59 Å². The maximum Gasteiger partial charge on any atom is 0.236 e. The van der Waals surface area contributed by atoms with Crippen molar-refractivity contribution in [1.29, 1.82) is 0 Å². The third-order valence-corrected chi connectivity index (χ3v) is 5.05. The Hall–Kier alpha value is -1.10. The molecule has 2 saturated heterocycles. The molecule has 5 nitrogen and oxygen atoms in total. The van der Waals surface area contributed by atoms with Crippen LogP contribution in [0.25, 0.3) is 0 Å². The van der Waals surface area contributed by atoms with Crippen molar-refractivity contribution in [3.8, 4) is 0 Å². The summed E-state index contributed by atoms with van der Waals surface area (Å²) in [6.45, 7) is 10.2. The van der Waals surface area contributed by atoms with E-state index in [-0.39, 0.29) is 11.8 Å². The van der Waals surface area contributed by atoms with Crippen molar-refractivity contribution in [3.05, 3.63) is 0 Å². The molecule has 5 heteroatoms. The highest BCUT2D eigenvalue weighted by Crippen LogP contribution is 2.22. The molecule has 2 amide bonds. The minimum absolute atomic E-state index is 0.138. The van der Waals surface area contributed by atoms with Gasteiger partial charge in [-0.25, -0.2) is 0 Å². The summed E-state index contributed by atoms with van der Waals surface area (Å²) in [7, 11) is 0. The average Bonchev–Trinajstić information content (AvgIpc) is 3.09. The van der Waals surface area contributed by atoms with Crippen LogP contribution >= 0.6 is 0 Å². The summed E-state index contributed by atoms with van der Waals surface area (Å²) in [6.07, 6.45) is 6.13. The van der Waals surface area contributed by atoms with E-state index in [0.29, 0.717) is 12.5 Å². The molecule has 0 unspecified atom stereocenters. The van der Waals surface area contributed by atoms with Crippen LogP contribution in [0.5, 0.6) is 0 Å². The van der Waals surface area contributed by atoms with Gasteiger partial charge in [0.1, 0.15) is 0 Å². The Morgan fingerprint density at radius 3 is 2.00 bits per heavy atom. The van der Waals surface area contributed by atoms with Crippen LogP contribution in [0.4, 0.5) is 0 Å². The van der Waals surface area contributed by atoms with Gasteiger partial charge in [-0.2, -0.15) is 0 Å². The Bertz CT molecular complexity index is 380. The molecule has 0 aromatic heterocycles. The van der Waals surface area contributed by atoms with Crippen molar-refractivity contribution in [1.82, 2.24) is 14.7 Å². The van der Waals surface area contributed by atoms with Gasteiger partial charge in [0.05, 0.1) is 6.54 Å². The SMILES string of the molecule is CCCN(CCC)CC(=O)N1CCC(C(=O)N2CCCC2)CC1. The molecule has 0 spiro atoms. The van der Waals surface area contributed by atoms with Crippen molar-refractivity contribution in [2.24, 2.45) is 5.92 Å². The average molecular weight is 323 g/mol. The Morgan fingerprint density at radius 2 is 1.48 bits per heavy atom. The third-order valence-electron chi connectivity index (χ3n) is 5.05. The monoisotopic (exact) mass is 323 g/mol. The van der Waals surface area contributed by atoms with Gasteiger partial charge in [-0.05, 0) is 51.6 Å². The van der Waals surface area contributed by atoms with Crippen molar-refractivity contribution >= 4 is 11.8 Å². The molecule has 0 atom stereocenters. The molecule has 2 heterocycles. The lowest BCUT2D eigenvalue weighted by Gasteiger charge is -2.34. The Kier molecular flexibility index (Phi) is 7.34. The lowest BCUT2D eigenvalue weighted by molar-refractivity contribution is -0.140. The fraction of sp³-hybridized carbons (Fsp3) is 0.889. The highest BCUT2D eigenvalue weighted by molar-refractivity contribution is 5.81. The van der Waals surface area contributed by atoms with Gasteiger partial charge in [-0.15, -0.1) is 0 Å². The fourth-order valence-electron chi connectivity index (χ4n) is 3.77. The summed E-state index contributed by atoms with van der Waals surface area (Å²) in [5, 5.41) is 0. The molecule has 0 aliphatic carbocycles. The van der Waals surface area contributed by atoms with Crippen LogP contribution < -0.4 is 0 Å². The number of hydrogen-bond acceptors (Lipinski definition) is 3. The number of carbonyl (C=O) groups is 2. The zero-order chi connectivity index (χ0) is 16.7. The molecule has 0 bridgehead atoms. The van der Waals surface area contributed by atoms with Crippen molar-refractivity contribution in [3.63, 3.8) is 0 Å². The van der Waals surface area contributed by atoms with E-state index < -0.39 is 0 Å². The summed E-state index contributed by atoms with van der Waals surface area (Å²) in [5.41, 5.74) is 0. The molecule has 23 heavy (non-hydrogen) atoms. The largest absolute Gasteiger partial charge is 0.342 e. The fourth-order valence-corrected chi connectivity index (χ4v) is 3.77. The Labute approximate surface area is 141 Å². The van der Waals surface area contributed by atoms with Gasteiger partial charge in [-0.3, -0.25) is 14.5 Å². The first kappa shape index (κ1) is 18.2. The molecule has 0 aromatic carbocycles. The first-order chi connectivity index (χ1) is 11.2. The zero-order valence-electron chi connectivity index (χ0n) is 14.9. The summed E-state index contributed by atoms with van der Waals surface area (Å²) in [4.78, 5) is 31.2. The van der Waals surface area contributed by atoms with E-state index in [2.05, 4.69) is 18.7 Å². The van der Waals surface area contributed by atoms with Gasteiger partial charge in [0.15, 0.2) is 0 Å². The lowest BCUT2D eigenvalue weighted by Crippen LogP contribution is -2.47. The first-order valence-corrected chi connectivity index (χ1v) is 9.44. The molecule has 0 saturated carbocycles. The standard InChI is InChI=1S/C18H33N3O2/c1-3-9-19(10-4-2)15-17(22)20-13-7-16(8-14-20)18(23)21-11-5-6-12-21/h16H,3-15H2,1-2H3. The molecule has 2 aliphatic heterocycles. The minimum Gasteiger partial charge on any atom is -0.342 e. The molecule has 2 rings (SSSR count). The maximum atomic E-state index is 12.5. The van der Waals surface area contributed by atoms with Gasteiger partial charge in [0.25, 0.3) is 0 Å². The minimum atomic E-state index is 0.138. The van der Waals surface area contributed by atoms with Gasteiger partial charge < -0.3 is 9.80 Å². The van der Waals surface area contributed by atoms with Crippen LogP contribution in [-0.2, 0) is 9.59 Å². The number of hydrogen-bond donors (Lipinski definition) is 0. The normalized spacial score (nSPS) is 19.6. The molecule has 0 N–H and O–H groups in total. The predicted molar refractivity (Wildman–Crippen MR) is 92.1 cm³/mol. The molecular weight excluding hydrogens is 290 g/mol. The molecule has 0 radical (unpaired) electrons. The molecule has 132 valence electrons. The highest BCUT2D eigenvalue weighted by atomic mass is 16.2. The van der Waals surface area contributed by atoms with E-state index in [4.69, 9.17) is 0 Å².